The lowest BCUT2D eigenvalue weighted by molar-refractivity contribution is -0.144. The van der Waals surface area contributed by atoms with E-state index in [9.17, 15) is 14.4 Å². The van der Waals surface area contributed by atoms with E-state index in [0.717, 1.165) is 6.42 Å². The summed E-state index contributed by atoms with van der Waals surface area (Å²) in [6, 6.07) is 11.8. The molecule has 2 aromatic rings. The van der Waals surface area contributed by atoms with Crippen molar-refractivity contribution in [3.8, 4) is 18.1 Å². The van der Waals surface area contributed by atoms with E-state index >= 15 is 0 Å². The highest BCUT2D eigenvalue weighted by Crippen LogP contribution is 2.30. The SMILES string of the molecule is C#Cc1ccc(C(C(=O)Nc2ccc(OC)cc2)N(C(=O)C(NC(=O)OC(C)(C)C)C(C)CC)C(C)CCC(C)C)cc1. The summed E-state index contributed by atoms with van der Waals surface area (Å²) in [5.74, 6) is 2.69. The number of anilines is 1. The number of benzene rings is 2. The molecule has 234 valence electrons. The molecule has 0 aliphatic rings. The van der Waals surface area contributed by atoms with Gasteiger partial charge in [0.1, 0.15) is 23.4 Å². The molecule has 0 saturated carbocycles. The molecular formula is C35H49N3O5. The number of methoxy groups -OCH3 is 1. The number of amides is 3. The third-order valence-electron chi connectivity index (χ3n) is 7.32. The molecule has 8 heteroatoms. The Morgan fingerprint density at radius 2 is 1.56 bits per heavy atom. The van der Waals surface area contributed by atoms with E-state index in [0.29, 0.717) is 41.3 Å². The normalized spacial score (nSPS) is 14.1. The molecule has 0 bridgehead atoms. The highest BCUT2D eigenvalue weighted by atomic mass is 16.6. The van der Waals surface area contributed by atoms with Crippen LogP contribution in [0.25, 0.3) is 0 Å². The second-order valence-electron chi connectivity index (χ2n) is 12.5. The molecular weight excluding hydrogens is 542 g/mol. The molecule has 0 aliphatic heterocycles. The third-order valence-corrected chi connectivity index (χ3v) is 7.32. The Bertz CT molecular complexity index is 1240. The van der Waals surface area contributed by atoms with Gasteiger partial charge in [0.25, 0.3) is 5.91 Å². The molecule has 3 amide bonds. The first-order valence-corrected chi connectivity index (χ1v) is 15.0. The number of hydrogen-bond acceptors (Lipinski definition) is 5. The van der Waals surface area contributed by atoms with Crippen molar-refractivity contribution in [2.75, 3.05) is 12.4 Å². The first-order chi connectivity index (χ1) is 20.2. The molecule has 4 unspecified atom stereocenters. The maximum Gasteiger partial charge on any atom is 0.408 e. The number of nitrogens with zero attached hydrogens (tertiary/aromatic N) is 1. The summed E-state index contributed by atoms with van der Waals surface area (Å²) >= 11 is 0. The fraction of sp³-hybridized carbons (Fsp3) is 0.514. The number of ether oxygens (including phenoxy) is 2. The first-order valence-electron chi connectivity index (χ1n) is 15.0. The Morgan fingerprint density at radius 1 is 0.953 bits per heavy atom. The lowest BCUT2D eigenvalue weighted by atomic mass is 9.93. The lowest BCUT2D eigenvalue weighted by Gasteiger charge is -2.40. The van der Waals surface area contributed by atoms with Crippen molar-refractivity contribution in [3.63, 3.8) is 0 Å². The maximum atomic E-state index is 14.6. The zero-order chi connectivity index (χ0) is 32.3. The van der Waals surface area contributed by atoms with Crippen LogP contribution in [0.3, 0.4) is 0 Å². The maximum absolute atomic E-state index is 14.6. The number of carbonyl (C=O) groups is 3. The highest BCUT2D eigenvalue weighted by Gasteiger charge is 2.40. The Labute approximate surface area is 257 Å². The monoisotopic (exact) mass is 591 g/mol. The largest absolute Gasteiger partial charge is 0.497 e. The minimum atomic E-state index is -1.00. The van der Waals surface area contributed by atoms with Crippen LogP contribution >= 0.6 is 0 Å². The minimum absolute atomic E-state index is 0.228. The van der Waals surface area contributed by atoms with E-state index in [1.165, 1.54) is 0 Å². The van der Waals surface area contributed by atoms with Crippen LogP contribution in [0, 0.1) is 24.2 Å². The van der Waals surface area contributed by atoms with Crippen molar-refractivity contribution in [1.82, 2.24) is 10.2 Å². The number of nitrogens with one attached hydrogen (secondary N) is 2. The summed E-state index contributed by atoms with van der Waals surface area (Å²) in [7, 11) is 1.57. The number of rotatable bonds is 13. The van der Waals surface area contributed by atoms with Crippen molar-refractivity contribution in [1.29, 1.82) is 0 Å². The second kappa shape index (κ2) is 16.0. The van der Waals surface area contributed by atoms with Crippen molar-refractivity contribution >= 4 is 23.6 Å². The van der Waals surface area contributed by atoms with E-state index in [4.69, 9.17) is 15.9 Å². The number of terminal acetylenes is 1. The minimum Gasteiger partial charge on any atom is -0.497 e. The number of hydrogen-bond donors (Lipinski definition) is 2. The molecule has 0 radical (unpaired) electrons. The van der Waals surface area contributed by atoms with E-state index in [2.05, 4.69) is 30.4 Å². The van der Waals surface area contributed by atoms with E-state index in [-0.39, 0.29) is 23.8 Å². The summed E-state index contributed by atoms with van der Waals surface area (Å²) in [5.41, 5.74) is 1.09. The topological polar surface area (TPSA) is 97.0 Å². The van der Waals surface area contributed by atoms with E-state index < -0.39 is 23.8 Å². The molecule has 8 nitrogen and oxygen atoms in total. The van der Waals surface area contributed by atoms with Crippen LogP contribution in [-0.2, 0) is 14.3 Å². The lowest BCUT2D eigenvalue weighted by Crippen LogP contribution is -2.57. The predicted octanol–water partition coefficient (Wildman–Crippen LogP) is 6.95. The molecule has 0 aromatic heterocycles. The van der Waals surface area contributed by atoms with Gasteiger partial charge in [0, 0.05) is 17.3 Å². The zero-order valence-electron chi connectivity index (χ0n) is 27.2. The summed E-state index contributed by atoms with van der Waals surface area (Å²) in [6.45, 7) is 15.4. The van der Waals surface area contributed by atoms with Gasteiger partial charge in [-0.05, 0) is 94.3 Å². The Kier molecular flexibility index (Phi) is 13.1. The van der Waals surface area contributed by atoms with Crippen LogP contribution in [0.5, 0.6) is 5.75 Å². The Morgan fingerprint density at radius 3 is 2.05 bits per heavy atom. The van der Waals surface area contributed by atoms with Crippen LogP contribution in [0.2, 0.25) is 0 Å². The molecule has 2 N–H and O–H groups in total. The van der Waals surface area contributed by atoms with Crippen LogP contribution in [-0.4, -0.2) is 47.6 Å². The van der Waals surface area contributed by atoms with Gasteiger partial charge >= 0.3 is 6.09 Å². The van der Waals surface area contributed by atoms with Crippen molar-refractivity contribution in [3.05, 3.63) is 59.7 Å². The third kappa shape index (κ3) is 10.7. The van der Waals surface area contributed by atoms with Crippen molar-refractivity contribution in [2.45, 2.75) is 98.4 Å². The van der Waals surface area contributed by atoms with Gasteiger partial charge in [-0.2, -0.15) is 0 Å². The van der Waals surface area contributed by atoms with Gasteiger partial charge in [0.05, 0.1) is 7.11 Å². The number of carbonyl (C=O) groups excluding carboxylic acids is 3. The average molecular weight is 592 g/mol. The molecule has 0 heterocycles. The Hall–Kier alpha value is -3.99. The van der Waals surface area contributed by atoms with Crippen molar-refractivity contribution in [2.24, 2.45) is 11.8 Å². The predicted molar refractivity (Wildman–Crippen MR) is 172 cm³/mol. The molecule has 2 rings (SSSR count). The molecule has 0 saturated heterocycles. The van der Waals surface area contributed by atoms with E-state index in [1.54, 1.807) is 81.3 Å². The van der Waals surface area contributed by atoms with Crippen LogP contribution < -0.4 is 15.4 Å². The average Bonchev–Trinajstić information content (AvgIpc) is 2.96. The van der Waals surface area contributed by atoms with Crippen molar-refractivity contribution < 1.29 is 23.9 Å². The van der Waals surface area contributed by atoms with Crippen LogP contribution in [0.15, 0.2) is 48.5 Å². The summed E-state index contributed by atoms with van der Waals surface area (Å²) in [6.07, 6.45) is 7.06. The molecule has 0 aliphatic carbocycles. The fourth-order valence-corrected chi connectivity index (χ4v) is 4.68. The molecule has 4 atom stereocenters. The second-order valence-corrected chi connectivity index (χ2v) is 12.5. The smallest absolute Gasteiger partial charge is 0.408 e. The van der Waals surface area contributed by atoms with E-state index in [1.807, 2.05) is 20.8 Å². The number of alkyl carbamates (subject to hydrolysis) is 1. The van der Waals surface area contributed by atoms with Gasteiger partial charge in [-0.1, -0.05) is 52.2 Å². The van der Waals surface area contributed by atoms with Gasteiger partial charge in [-0.3, -0.25) is 9.59 Å². The molecule has 0 spiro atoms. The van der Waals surface area contributed by atoms with Gasteiger partial charge in [-0.15, -0.1) is 6.42 Å². The first kappa shape index (κ1) is 35.2. The summed E-state index contributed by atoms with van der Waals surface area (Å²) in [5, 5.41) is 5.81. The fourth-order valence-electron chi connectivity index (χ4n) is 4.68. The zero-order valence-corrected chi connectivity index (χ0v) is 27.2. The quantitative estimate of drug-likeness (QED) is 0.246. The molecule has 43 heavy (non-hydrogen) atoms. The van der Waals surface area contributed by atoms with Crippen LogP contribution in [0.4, 0.5) is 10.5 Å². The Balaban J connectivity index is 2.65. The standard InChI is InChI=1S/C35H49N3O5/c1-11-24(5)30(37-34(41)43-35(7,8)9)33(40)38(25(6)14-13-23(3)4)31(27-17-15-26(12-2)16-18-27)32(39)36-28-19-21-29(42-10)22-20-28/h2,15-25,30-31H,11,13-14H2,1,3-10H3,(H,36,39)(H,37,41). The highest BCUT2D eigenvalue weighted by molar-refractivity contribution is 5.99. The molecule has 2 aromatic carbocycles. The summed E-state index contributed by atoms with van der Waals surface area (Å²) < 4.78 is 10.8. The van der Waals surface area contributed by atoms with Gasteiger partial charge < -0.3 is 25.0 Å². The summed E-state index contributed by atoms with van der Waals surface area (Å²) in [4.78, 5) is 43.4. The van der Waals surface area contributed by atoms with Gasteiger partial charge in [0.2, 0.25) is 5.91 Å². The van der Waals surface area contributed by atoms with Gasteiger partial charge in [-0.25, -0.2) is 4.79 Å². The van der Waals surface area contributed by atoms with Crippen LogP contribution in [0.1, 0.15) is 91.8 Å². The molecule has 0 fully saturated rings. The van der Waals surface area contributed by atoms with Gasteiger partial charge in [0.15, 0.2) is 0 Å².